The van der Waals surface area contributed by atoms with Gasteiger partial charge in [-0.3, -0.25) is 0 Å². The highest BCUT2D eigenvalue weighted by molar-refractivity contribution is 6.30. The first-order valence-electron chi connectivity index (χ1n) is 6.44. The molecule has 0 heterocycles. The molecule has 3 heteroatoms. The maximum absolute atomic E-state index is 12.2. The fourth-order valence-electron chi connectivity index (χ4n) is 1.97. The SMILES string of the molecule is Cc1cccc(C(=O)OC(C)(C)c2ccc(Cl)cc2)c1. The van der Waals surface area contributed by atoms with Crippen LogP contribution in [0.15, 0.2) is 48.5 Å². The van der Waals surface area contributed by atoms with Crippen molar-refractivity contribution < 1.29 is 9.53 Å². The van der Waals surface area contributed by atoms with Crippen LogP contribution in [-0.2, 0) is 10.3 Å². The normalized spacial score (nSPS) is 11.2. The van der Waals surface area contributed by atoms with E-state index in [1.165, 1.54) is 0 Å². The summed E-state index contributed by atoms with van der Waals surface area (Å²) >= 11 is 5.87. The summed E-state index contributed by atoms with van der Waals surface area (Å²) in [6.45, 7) is 5.68. The predicted molar refractivity (Wildman–Crippen MR) is 81.1 cm³/mol. The molecule has 0 N–H and O–H groups in total. The maximum Gasteiger partial charge on any atom is 0.339 e. The predicted octanol–water partition coefficient (Wildman–Crippen LogP) is 4.74. The summed E-state index contributed by atoms with van der Waals surface area (Å²) < 4.78 is 5.62. The van der Waals surface area contributed by atoms with Gasteiger partial charge < -0.3 is 4.74 Å². The zero-order valence-corrected chi connectivity index (χ0v) is 12.6. The molecule has 0 aromatic heterocycles. The molecule has 2 rings (SSSR count). The minimum absolute atomic E-state index is 0.325. The summed E-state index contributed by atoms with van der Waals surface area (Å²) in [5, 5.41) is 0.662. The molecule has 0 fully saturated rings. The second-order valence-corrected chi connectivity index (χ2v) is 5.71. The molecule has 0 unspecified atom stereocenters. The fraction of sp³-hybridized carbons (Fsp3) is 0.235. The fourth-order valence-corrected chi connectivity index (χ4v) is 2.10. The second-order valence-electron chi connectivity index (χ2n) is 5.28. The van der Waals surface area contributed by atoms with Crippen molar-refractivity contribution >= 4 is 17.6 Å². The number of aryl methyl sites for hydroxylation is 1. The molecule has 0 aliphatic rings. The van der Waals surface area contributed by atoms with Crippen molar-refractivity contribution in [2.75, 3.05) is 0 Å². The number of halogens is 1. The van der Waals surface area contributed by atoms with Gasteiger partial charge in [-0.1, -0.05) is 41.4 Å². The molecule has 0 amide bonds. The van der Waals surface area contributed by atoms with E-state index in [0.717, 1.165) is 11.1 Å². The Hall–Kier alpha value is -1.80. The molecular formula is C17H17ClO2. The van der Waals surface area contributed by atoms with Crippen LogP contribution in [0.4, 0.5) is 0 Å². The highest BCUT2D eigenvalue weighted by atomic mass is 35.5. The Bertz CT molecular complexity index is 615. The topological polar surface area (TPSA) is 26.3 Å². The smallest absolute Gasteiger partial charge is 0.339 e. The van der Waals surface area contributed by atoms with Crippen molar-refractivity contribution in [3.05, 3.63) is 70.2 Å². The molecule has 0 radical (unpaired) electrons. The minimum Gasteiger partial charge on any atom is -0.451 e. The molecule has 2 aromatic carbocycles. The summed E-state index contributed by atoms with van der Waals surface area (Å²) in [5.41, 5.74) is 1.80. The molecule has 0 saturated heterocycles. The third-order valence-electron chi connectivity index (χ3n) is 3.14. The molecule has 0 saturated carbocycles. The molecule has 104 valence electrons. The number of benzene rings is 2. The quantitative estimate of drug-likeness (QED) is 0.763. The van der Waals surface area contributed by atoms with Crippen molar-refractivity contribution in [1.29, 1.82) is 0 Å². The van der Waals surface area contributed by atoms with E-state index >= 15 is 0 Å². The third kappa shape index (κ3) is 3.40. The van der Waals surface area contributed by atoms with Crippen LogP contribution in [0.5, 0.6) is 0 Å². The zero-order chi connectivity index (χ0) is 14.8. The summed E-state index contributed by atoms with van der Waals surface area (Å²) in [5.74, 6) is -0.325. The van der Waals surface area contributed by atoms with E-state index in [1.54, 1.807) is 18.2 Å². The van der Waals surface area contributed by atoms with Crippen molar-refractivity contribution in [2.45, 2.75) is 26.4 Å². The molecular weight excluding hydrogens is 272 g/mol. The summed E-state index contributed by atoms with van der Waals surface area (Å²) in [6, 6.07) is 14.7. The largest absolute Gasteiger partial charge is 0.451 e. The van der Waals surface area contributed by atoms with Crippen LogP contribution >= 0.6 is 11.6 Å². The summed E-state index contributed by atoms with van der Waals surface area (Å²) in [7, 11) is 0. The molecule has 0 aliphatic heterocycles. The lowest BCUT2D eigenvalue weighted by molar-refractivity contribution is -0.00313. The Kier molecular flexibility index (Phi) is 4.15. The van der Waals surface area contributed by atoms with E-state index in [2.05, 4.69) is 0 Å². The number of rotatable bonds is 3. The monoisotopic (exact) mass is 288 g/mol. The summed E-state index contributed by atoms with van der Waals surface area (Å²) in [6.07, 6.45) is 0. The molecule has 0 aliphatic carbocycles. The Morgan fingerprint density at radius 3 is 2.35 bits per heavy atom. The van der Waals surface area contributed by atoms with Crippen LogP contribution in [0, 0.1) is 6.92 Å². The highest BCUT2D eigenvalue weighted by Gasteiger charge is 2.25. The molecule has 2 aromatic rings. The van der Waals surface area contributed by atoms with E-state index in [4.69, 9.17) is 16.3 Å². The van der Waals surface area contributed by atoms with Gasteiger partial charge in [-0.25, -0.2) is 4.79 Å². The average Bonchev–Trinajstić information content (AvgIpc) is 2.38. The maximum atomic E-state index is 12.2. The number of esters is 1. The van der Waals surface area contributed by atoms with Crippen molar-refractivity contribution in [3.8, 4) is 0 Å². The molecule has 0 bridgehead atoms. The van der Waals surface area contributed by atoms with Crippen molar-refractivity contribution in [3.63, 3.8) is 0 Å². The van der Waals surface area contributed by atoms with E-state index < -0.39 is 5.60 Å². The zero-order valence-electron chi connectivity index (χ0n) is 11.8. The minimum atomic E-state index is -0.703. The van der Waals surface area contributed by atoms with Crippen molar-refractivity contribution in [1.82, 2.24) is 0 Å². The lowest BCUT2D eigenvalue weighted by atomic mass is 9.98. The molecule has 0 atom stereocenters. The van der Waals surface area contributed by atoms with Crippen LogP contribution < -0.4 is 0 Å². The van der Waals surface area contributed by atoms with Gasteiger partial charge in [0.05, 0.1) is 5.56 Å². The first kappa shape index (κ1) is 14.6. The van der Waals surface area contributed by atoms with Crippen LogP contribution in [0.1, 0.15) is 35.3 Å². The Morgan fingerprint density at radius 1 is 1.10 bits per heavy atom. The van der Waals surface area contributed by atoms with Gasteiger partial charge in [-0.05, 0) is 50.6 Å². The van der Waals surface area contributed by atoms with E-state index in [1.807, 2.05) is 51.1 Å². The molecule has 2 nitrogen and oxygen atoms in total. The molecule has 0 spiro atoms. The number of carbonyl (C=O) groups is 1. The van der Waals surface area contributed by atoms with Gasteiger partial charge in [-0.15, -0.1) is 0 Å². The Labute approximate surface area is 124 Å². The summed E-state index contributed by atoms with van der Waals surface area (Å²) in [4.78, 5) is 12.2. The lowest BCUT2D eigenvalue weighted by Gasteiger charge is -2.25. The van der Waals surface area contributed by atoms with E-state index in [-0.39, 0.29) is 5.97 Å². The van der Waals surface area contributed by atoms with Gasteiger partial charge in [0, 0.05) is 5.02 Å². The first-order chi connectivity index (χ1) is 9.38. The van der Waals surface area contributed by atoms with Gasteiger partial charge in [-0.2, -0.15) is 0 Å². The van der Waals surface area contributed by atoms with Crippen LogP contribution in [0.25, 0.3) is 0 Å². The van der Waals surface area contributed by atoms with Gasteiger partial charge in [0.15, 0.2) is 0 Å². The Balaban J connectivity index is 2.19. The first-order valence-corrected chi connectivity index (χ1v) is 6.82. The van der Waals surface area contributed by atoms with Crippen molar-refractivity contribution in [2.24, 2.45) is 0 Å². The Morgan fingerprint density at radius 2 is 1.75 bits per heavy atom. The van der Waals surface area contributed by atoms with Gasteiger partial charge >= 0.3 is 5.97 Å². The number of hydrogen-bond donors (Lipinski definition) is 0. The second kappa shape index (κ2) is 5.68. The van der Waals surface area contributed by atoms with Crippen LogP contribution in [0.3, 0.4) is 0 Å². The highest BCUT2D eigenvalue weighted by Crippen LogP contribution is 2.27. The average molecular weight is 289 g/mol. The van der Waals surface area contributed by atoms with E-state index in [0.29, 0.717) is 10.6 Å². The van der Waals surface area contributed by atoms with Gasteiger partial charge in [0.1, 0.15) is 5.60 Å². The number of carbonyl (C=O) groups excluding carboxylic acids is 1. The van der Waals surface area contributed by atoms with E-state index in [9.17, 15) is 4.79 Å². The van der Waals surface area contributed by atoms with Crippen LogP contribution in [-0.4, -0.2) is 5.97 Å². The third-order valence-corrected chi connectivity index (χ3v) is 3.39. The van der Waals surface area contributed by atoms with Gasteiger partial charge in [0.2, 0.25) is 0 Å². The molecule has 20 heavy (non-hydrogen) atoms. The van der Waals surface area contributed by atoms with Crippen LogP contribution in [0.2, 0.25) is 5.02 Å². The standard InChI is InChI=1S/C17H17ClO2/c1-12-5-4-6-13(11-12)16(19)20-17(2,3)14-7-9-15(18)10-8-14/h4-11H,1-3H3. The lowest BCUT2D eigenvalue weighted by Crippen LogP contribution is -2.25. The number of hydrogen-bond acceptors (Lipinski definition) is 2. The van der Waals surface area contributed by atoms with Gasteiger partial charge in [0.25, 0.3) is 0 Å². The number of ether oxygens (including phenoxy) is 1.